The molecule has 2 aromatic carbocycles. The third kappa shape index (κ3) is 3.43. The number of halogens is 2. The van der Waals surface area contributed by atoms with Crippen LogP contribution in [0.3, 0.4) is 0 Å². The summed E-state index contributed by atoms with van der Waals surface area (Å²) in [6.45, 7) is 2.04. The van der Waals surface area contributed by atoms with Crippen molar-refractivity contribution in [3.63, 3.8) is 0 Å². The van der Waals surface area contributed by atoms with E-state index in [0.717, 1.165) is 21.3 Å². The SMILES string of the molecule is Cc1ccc([C@@H]2C=C(c3ccc(Br)cc3)NN2C(=O)CCl)cc1. The van der Waals surface area contributed by atoms with Gasteiger partial charge in [-0.1, -0.05) is 57.9 Å². The van der Waals surface area contributed by atoms with Crippen LogP contribution < -0.4 is 5.43 Å². The molecule has 0 radical (unpaired) electrons. The Kier molecular flexibility index (Phi) is 4.74. The molecule has 0 spiro atoms. The number of hydrogen-bond donors (Lipinski definition) is 1. The molecule has 0 unspecified atom stereocenters. The number of carbonyl (C=O) groups excluding carboxylic acids is 1. The Labute approximate surface area is 149 Å². The van der Waals surface area contributed by atoms with Gasteiger partial charge in [-0.15, -0.1) is 11.6 Å². The number of aryl methyl sites for hydroxylation is 1. The van der Waals surface area contributed by atoms with Crippen LogP contribution >= 0.6 is 27.5 Å². The molecular weight excluding hydrogens is 376 g/mol. The van der Waals surface area contributed by atoms with E-state index < -0.39 is 0 Å². The van der Waals surface area contributed by atoms with E-state index in [0.29, 0.717) is 0 Å². The van der Waals surface area contributed by atoms with Crippen molar-refractivity contribution < 1.29 is 4.79 Å². The maximum atomic E-state index is 12.2. The number of rotatable bonds is 3. The molecule has 23 heavy (non-hydrogen) atoms. The highest BCUT2D eigenvalue weighted by molar-refractivity contribution is 9.10. The zero-order valence-corrected chi connectivity index (χ0v) is 14.9. The molecule has 0 aromatic heterocycles. The van der Waals surface area contributed by atoms with Gasteiger partial charge in [0.15, 0.2) is 0 Å². The predicted molar refractivity (Wildman–Crippen MR) is 96.7 cm³/mol. The van der Waals surface area contributed by atoms with Crippen molar-refractivity contribution in [2.24, 2.45) is 0 Å². The number of nitrogens with zero attached hydrogens (tertiary/aromatic N) is 1. The smallest absolute Gasteiger partial charge is 0.256 e. The molecule has 0 bridgehead atoms. The van der Waals surface area contributed by atoms with Crippen molar-refractivity contribution in [3.8, 4) is 0 Å². The van der Waals surface area contributed by atoms with Gasteiger partial charge in [0.1, 0.15) is 5.88 Å². The van der Waals surface area contributed by atoms with E-state index in [1.165, 1.54) is 5.56 Å². The first kappa shape index (κ1) is 16.1. The Morgan fingerprint density at radius 1 is 1.17 bits per heavy atom. The zero-order valence-electron chi connectivity index (χ0n) is 12.6. The second-order valence-corrected chi connectivity index (χ2v) is 6.63. The number of amides is 1. The lowest BCUT2D eigenvalue weighted by Crippen LogP contribution is -2.40. The summed E-state index contributed by atoms with van der Waals surface area (Å²) in [5, 5.41) is 1.59. The normalized spacial score (nSPS) is 16.9. The molecule has 1 heterocycles. The van der Waals surface area contributed by atoms with Crippen molar-refractivity contribution in [1.82, 2.24) is 10.4 Å². The molecule has 0 fully saturated rings. The van der Waals surface area contributed by atoms with Gasteiger partial charge in [-0.25, -0.2) is 5.01 Å². The Morgan fingerprint density at radius 3 is 2.43 bits per heavy atom. The number of benzene rings is 2. The summed E-state index contributed by atoms with van der Waals surface area (Å²) in [5.74, 6) is -0.211. The minimum atomic E-state index is -0.166. The van der Waals surface area contributed by atoms with Gasteiger partial charge in [0, 0.05) is 4.47 Å². The number of alkyl halides is 1. The topological polar surface area (TPSA) is 32.3 Å². The molecule has 0 saturated heterocycles. The van der Waals surface area contributed by atoms with Crippen LogP contribution in [-0.2, 0) is 4.79 Å². The number of hydrazine groups is 1. The lowest BCUT2D eigenvalue weighted by molar-refractivity contribution is -0.131. The third-order valence-electron chi connectivity index (χ3n) is 3.80. The Morgan fingerprint density at radius 2 is 1.83 bits per heavy atom. The van der Waals surface area contributed by atoms with E-state index in [4.69, 9.17) is 11.6 Å². The molecule has 0 saturated carbocycles. The minimum absolute atomic E-state index is 0.0587. The van der Waals surface area contributed by atoms with E-state index in [9.17, 15) is 4.79 Å². The molecule has 5 heteroatoms. The van der Waals surface area contributed by atoms with Gasteiger partial charge in [0.05, 0.1) is 11.7 Å². The Balaban J connectivity index is 1.96. The van der Waals surface area contributed by atoms with E-state index in [1.54, 1.807) is 5.01 Å². The molecule has 1 aliphatic rings. The number of hydrogen-bond acceptors (Lipinski definition) is 2. The standard InChI is InChI=1S/C18H16BrClN2O/c1-12-2-4-14(5-3-12)17-10-16(21-22(17)18(23)11-20)13-6-8-15(19)9-7-13/h2-10,17,21H,11H2,1H3/t17-/m0/s1. The quantitative estimate of drug-likeness (QED) is 0.785. The van der Waals surface area contributed by atoms with Crippen LogP contribution in [0.2, 0.25) is 0 Å². The second-order valence-electron chi connectivity index (χ2n) is 5.45. The van der Waals surface area contributed by atoms with Crippen molar-refractivity contribution >= 4 is 39.1 Å². The fourth-order valence-electron chi connectivity index (χ4n) is 2.55. The van der Waals surface area contributed by atoms with E-state index in [-0.39, 0.29) is 17.8 Å². The monoisotopic (exact) mass is 390 g/mol. The first-order chi connectivity index (χ1) is 11.1. The molecule has 3 nitrogen and oxygen atoms in total. The summed E-state index contributed by atoms with van der Waals surface area (Å²) in [6, 6.07) is 16.0. The van der Waals surface area contributed by atoms with Gasteiger partial charge in [0.25, 0.3) is 5.91 Å². The summed E-state index contributed by atoms with van der Waals surface area (Å²) in [7, 11) is 0. The van der Waals surface area contributed by atoms with Crippen LogP contribution in [0.25, 0.3) is 5.70 Å². The fourth-order valence-corrected chi connectivity index (χ4v) is 2.94. The van der Waals surface area contributed by atoms with Crippen molar-refractivity contribution in [2.75, 3.05) is 5.88 Å². The van der Waals surface area contributed by atoms with Gasteiger partial charge in [-0.2, -0.15) is 0 Å². The first-order valence-electron chi connectivity index (χ1n) is 7.27. The maximum Gasteiger partial charge on any atom is 0.256 e. The van der Waals surface area contributed by atoms with Gasteiger partial charge in [-0.3, -0.25) is 10.2 Å². The van der Waals surface area contributed by atoms with E-state index in [1.807, 2.05) is 55.5 Å². The van der Waals surface area contributed by atoms with Crippen molar-refractivity contribution in [1.29, 1.82) is 0 Å². The van der Waals surface area contributed by atoms with Gasteiger partial charge >= 0.3 is 0 Å². The van der Waals surface area contributed by atoms with Gasteiger partial charge in [0.2, 0.25) is 0 Å². The maximum absolute atomic E-state index is 12.2. The molecule has 0 aliphatic carbocycles. The second kappa shape index (κ2) is 6.77. The van der Waals surface area contributed by atoms with Crippen LogP contribution in [0.5, 0.6) is 0 Å². The van der Waals surface area contributed by atoms with Crippen LogP contribution in [0.1, 0.15) is 22.7 Å². The lowest BCUT2D eigenvalue weighted by Gasteiger charge is -2.24. The van der Waals surface area contributed by atoms with E-state index >= 15 is 0 Å². The largest absolute Gasteiger partial charge is 0.295 e. The lowest BCUT2D eigenvalue weighted by atomic mass is 10.0. The third-order valence-corrected chi connectivity index (χ3v) is 4.56. The average Bonchev–Trinajstić information content (AvgIpc) is 3.00. The average molecular weight is 392 g/mol. The summed E-state index contributed by atoms with van der Waals surface area (Å²) >= 11 is 9.20. The molecule has 3 rings (SSSR count). The minimum Gasteiger partial charge on any atom is -0.295 e. The van der Waals surface area contributed by atoms with Crippen molar-refractivity contribution in [2.45, 2.75) is 13.0 Å². The fraction of sp³-hybridized carbons (Fsp3) is 0.167. The highest BCUT2D eigenvalue weighted by Gasteiger charge is 2.30. The molecule has 1 atom stereocenters. The summed E-state index contributed by atoms with van der Waals surface area (Å²) in [4.78, 5) is 12.2. The molecule has 1 amide bonds. The molecule has 1 N–H and O–H groups in total. The number of carbonyl (C=O) groups is 1. The van der Waals surface area contributed by atoms with Crippen LogP contribution in [0, 0.1) is 6.92 Å². The van der Waals surface area contributed by atoms with Crippen LogP contribution in [0.4, 0.5) is 0 Å². The Bertz CT molecular complexity index is 741. The highest BCUT2D eigenvalue weighted by Crippen LogP contribution is 2.32. The molecule has 1 aliphatic heterocycles. The highest BCUT2D eigenvalue weighted by atomic mass is 79.9. The zero-order chi connectivity index (χ0) is 16.4. The van der Waals surface area contributed by atoms with Gasteiger partial charge in [-0.05, 0) is 36.3 Å². The Hall–Kier alpha value is -1.78. The molecule has 2 aromatic rings. The summed E-state index contributed by atoms with van der Waals surface area (Å²) in [6.07, 6.45) is 2.05. The molecule has 118 valence electrons. The molecular formula is C18H16BrClN2O. The van der Waals surface area contributed by atoms with Crippen molar-refractivity contribution in [3.05, 3.63) is 75.8 Å². The summed E-state index contributed by atoms with van der Waals surface area (Å²) in [5.41, 5.74) is 7.35. The van der Waals surface area contributed by atoms with Gasteiger partial charge < -0.3 is 0 Å². The summed E-state index contributed by atoms with van der Waals surface area (Å²) < 4.78 is 1.02. The number of nitrogens with one attached hydrogen (secondary N) is 1. The predicted octanol–water partition coefficient (Wildman–Crippen LogP) is 4.43. The van der Waals surface area contributed by atoms with Crippen LogP contribution in [0.15, 0.2) is 59.1 Å². The van der Waals surface area contributed by atoms with Crippen LogP contribution in [-0.4, -0.2) is 16.8 Å². The first-order valence-corrected chi connectivity index (χ1v) is 8.60. The van der Waals surface area contributed by atoms with E-state index in [2.05, 4.69) is 27.4 Å².